The number of aromatic nitrogens is 2. The fraction of sp³-hybridized carbons (Fsp3) is 0.636. The van der Waals surface area contributed by atoms with Gasteiger partial charge in [-0.2, -0.15) is 0 Å². The Hall–Kier alpha value is -0.880. The molecule has 5 nitrogen and oxygen atoms in total. The lowest BCUT2D eigenvalue weighted by Gasteiger charge is -2.28. The highest BCUT2D eigenvalue weighted by Gasteiger charge is 2.17. The summed E-state index contributed by atoms with van der Waals surface area (Å²) in [5.41, 5.74) is 0. The third kappa shape index (κ3) is 3.54. The van der Waals surface area contributed by atoms with Gasteiger partial charge in [0.25, 0.3) is 0 Å². The Labute approximate surface area is 110 Å². The van der Waals surface area contributed by atoms with Crippen molar-refractivity contribution >= 4 is 27.6 Å². The van der Waals surface area contributed by atoms with Crippen LogP contribution in [0.3, 0.4) is 0 Å². The van der Waals surface area contributed by atoms with Crippen molar-refractivity contribution in [2.24, 2.45) is 0 Å². The molecule has 0 saturated carbocycles. The molecule has 2 N–H and O–H groups in total. The molecule has 1 aromatic rings. The third-order valence-electron chi connectivity index (χ3n) is 2.35. The standard InChI is InChI=1S/C11H19BrN4O/c1-4-13-10-9(12)11(15-7-14-10)16(5-6-17)8(2)3/h7-8,17H,4-6H2,1-3H3,(H,13,14,15). The maximum absolute atomic E-state index is 9.09. The summed E-state index contributed by atoms with van der Waals surface area (Å²) >= 11 is 3.51. The van der Waals surface area contributed by atoms with E-state index in [9.17, 15) is 0 Å². The van der Waals surface area contributed by atoms with Crippen LogP contribution in [-0.2, 0) is 0 Å². The van der Waals surface area contributed by atoms with Gasteiger partial charge in [-0.05, 0) is 36.7 Å². The molecular formula is C11H19BrN4O. The molecule has 17 heavy (non-hydrogen) atoms. The average Bonchev–Trinajstić information content (AvgIpc) is 2.29. The summed E-state index contributed by atoms with van der Waals surface area (Å²) in [6, 6.07) is 0.267. The van der Waals surface area contributed by atoms with Crippen molar-refractivity contribution < 1.29 is 5.11 Å². The molecule has 0 aromatic carbocycles. The van der Waals surface area contributed by atoms with Gasteiger partial charge in [0.2, 0.25) is 0 Å². The van der Waals surface area contributed by atoms with E-state index in [4.69, 9.17) is 5.11 Å². The number of nitrogens with zero attached hydrogens (tertiary/aromatic N) is 3. The van der Waals surface area contributed by atoms with Gasteiger partial charge >= 0.3 is 0 Å². The number of hydrogen-bond donors (Lipinski definition) is 2. The fourth-order valence-corrected chi connectivity index (χ4v) is 2.14. The number of hydrogen-bond acceptors (Lipinski definition) is 5. The molecule has 1 heterocycles. The molecule has 0 atom stereocenters. The van der Waals surface area contributed by atoms with Crippen LogP contribution in [0.5, 0.6) is 0 Å². The molecule has 0 unspecified atom stereocenters. The van der Waals surface area contributed by atoms with Crippen molar-refractivity contribution in [3.05, 3.63) is 10.8 Å². The Morgan fingerprint density at radius 1 is 1.47 bits per heavy atom. The lowest BCUT2D eigenvalue weighted by molar-refractivity contribution is 0.298. The lowest BCUT2D eigenvalue weighted by atomic mass is 10.3. The quantitative estimate of drug-likeness (QED) is 0.840. The summed E-state index contributed by atoms with van der Waals surface area (Å²) in [6.45, 7) is 7.61. The first kappa shape index (κ1) is 14.2. The van der Waals surface area contributed by atoms with Crippen LogP contribution in [-0.4, -0.2) is 40.8 Å². The van der Waals surface area contributed by atoms with E-state index in [0.717, 1.165) is 22.7 Å². The first-order valence-corrected chi connectivity index (χ1v) is 6.53. The monoisotopic (exact) mass is 302 g/mol. The predicted octanol–water partition coefficient (Wildman–Crippen LogP) is 1.88. The van der Waals surface area contributed by atoms with Crippen LogP contribution in [0, 0.1) is 0 Å². The topological polar surface area (TPSA) is 61.3 Å². The Morgan fingerprint density at radius 3 is 2.71 bits per heavy atom. The van der Waals surface area contributed by atoms with Crippen molar-refractivity contribution in [3.63, 3.8) is 0 Å². The van der Waals surface area contributed by atoms with E-state index < -0.39 is 0 Å². The highest BCUT2D eigenvalue weighted by atomic mass is 79.9. The van der Waals surface area contributed by atoms with Crippen LogP contribution >= 0.6 is 15.9 Å². The normalized spacial score (nSPS) is 10.7. The Morgan fingerprint density at radius 2 is 2.18 bits per heavy atom. The van der Waals surface area contributed by atoms with Crippen LogP contribution in [0.4, 0.5) is 11.6 Å². The second-order valence-corrected chi connectivity index (χ2v) is 4.69. The fourth-order valence-electron chi connectivity index (χ4n) is 1.57. The number of aliphatic hydroxyl groups excluding tert-OH is 1. The summed E-state index contributed by atoms with van der Waals surface area (Å²) < 4.78 is 0.837. The van der Waals surface area contributed by atoms with Crippen LogP contribution in [0.25, 0.3) is 0 Å². The third-order valence-corrected chi connectivity index (χ3v) is 3.08. The van der Waals surface area contributed by atoms with Gasteiger partial charge in [0.05, 0.1) is 6.61 Å². The zero-order valence-corrected chi connectivity index (χ0v) is 12.0. The molecule has 0 fully saturated rings. The second-order valence-electron chi connectivity index (χ2n) is 3.90. The minimum absolute atomic E-state index is 0.102. The number of nitrogens with one attached hydrogen (secondary N) is 1. The molecule has 0 aliphatic rings. The van der Waals surface area contributed by atoms with E-state index in [1.807, 2.05) is 11.8 Å². The maximum Gasteiger partial charge on any atom is 0.148 e. The molecule has 0 radical (unpaired) electrons. The Balaban J connectivity index is 3.06. The van der Waals surface area contributed by atoms with E-state index in [1.165, 1.54) is 6.33 Å². The summed E-state index contributed by atoms with van der Waals surface area (Å²) in [7, 11) is 0. The number of anilines is 2. The van der Waals surface area contributed by atoms with Crippen LogP contribution in [0.15, 0.2) is 10.8 Å². The van der Waals surface area contributed by atoms with Gasteiger partial charge in [0.1, 0.15) is 22.4 Å². The molecule has 1 aromatic heterocycles. The highest BCUT2D eigenvalue weighted by Crippen LogP contribution is 2.30. The van der Waals surface area contributed by atoms with Gasteiger partial charge in [-0.3, -0.25) is 0 Å². The van der Waals surface area contributed by atoms with E-state index in [-0.39, 0.29) is 12.6 Å². The van der Waals surface area contributed by atoms with Crippen LogP contribution in [0.1, 0.15) is 20.8 Å². The first-order chi connectivity index (χ1) is 8.11. The summed E-state index contributed by atoms with van der Waals surface area (Å²) in [4.78, 5) is 10.5. The van der Waals surface area contributed by atoms with E-state index in [2.05, 4.69) is 45.1 Å². The molecule has 6 heteroatoms. The lowest BCUT2D eigenvalue weighted by Crippen LogP contribution is -2.34. The average molecular weight is 303 g/mol. The second kappa shape index (κ2) is 6.76. The van der Waals surface area contributed by atoms with Gasteiger partial charge in [-0.25, -0.2) is 9.97 Å². The summed E-state index contributed by atoms with van der Waals surface area (Å²) in [5.74, 6) is 1.58. The molecule has 96 valence electrons. The maximum atomic E-state index is 9.09. The van der Waals surface area contributed by atoms with Gasteiger partial charge in [-0.15, -0.1) is 0 Å². The predicted molar refractivity (Wildman–Crippen MR) is 73.5 cm³/mol. The van der Waals surface area contributed by atoms with Crippen molar-refractivity contribution in [1.82, 2.24) is 9.97 Å². The molecule has 0 spiro atoms. The zero-order chi connectivity index (χ0) is 12.8. The molecule has 0 saturated heterocycles. The van der Waals surface area contributed by atoms with E-state index in [0.29, 0.717) is 6.54 Å². The molecule has 1 rings (SSSR count). The molecule has 0 aliphatic heterocycles. The molecule has 0 amide bonds. The van der Waals surface area contributed by atoms with Crippen molar-refractivity contribution in [2.75, 3.05) is 29.9 Å². The van der Waals surface area contributed by atoms with Crippen molar-refractivity contribution in [3.8, 4) is 0 Å². The minimum Gasteiger partial charge on any atom is -0.395 e. The van der Waals surface area contributed by atoms with Crippen LogP contribution < -0.4 is 10.2 Å². The molecular weight excluding hydrogens is 284 g/mol. The first-order valence-electron chi connectivity index (χ1n) is 5.73. The smallest absolute Gasteiger partial charge is 0.148 e. The number of aliphatic hydroxyl groups is 1. The van der Waals surface area contributed by atoms with Crippen LogP contribution in [0.2, 0.25) is 0 Å². The van der Waals surface area contributed by atoms with Gasteiger partial charge in [0, 0.05) is 19.1 Å². The largest absolute Gasteiger partial charge is 0.395 e. The minimum atomic E-state index is 0.102. The Kier molecular flexibility index (Phi) is 5.64. The van der Waals surface area contributed by atoms with Gasteiger partial charge in [0.15, 0.2) is 0 Å². The van der Waals surface area contributed by atoms with E-state index in [1.54, 1.807) is 0 Å². The van der Waals surface area contributed by atoms with Crippen molar-refractivity contribution in [2.45, 2.75) is 26.8 Å². The summed E-state index contributed by atoms with van der Waals surface area (Å²) in [6.07, 6.45) is 1.53. The Bertz CT molecular complexity index is 359. The number of rotatable bonds is 6. The SMILES string of the molecule is CCNc1ncnc(N(CCO)C(C)C)c1Br. The molecule has 0 bridgehead atoms. The van der Waals surface area contributed by atoms with Gasteiger partial charge in [-0.1, -0.05) is 0 Å². The van der Waals surface area contributed by atoms with E-state index >= 15 is 0 Å². The van der Waals surface area contributed by atoms with Crippen molar-refractivity contribution in [1.29, 1.82) is 0 Å². The molecule has 0 aliphatic carbocycles. The van der Waals surface area contributed by atoms with Gasteiger partial charge < -0.3 is 15.3 Å². The zero-order valence-electron chi connectivity index (χ0n) is 10.4. The summed E-state index contributed by atoms with van der Waals surface area (Å²) in [5, 5.41) is 12.3. The number of halogens is 1. The highest BCUT2D eigenvalue weighted by molar-refractivity contribution is 9.10.